The molecule has 0 atom stereocenters. The normalized spacial score (nSPS) is 10.0. The Balaban J connectivity index is 2.52. The van der Waals surface area contributed by atoms with Crippen LogP contribution in [-0.2, 0) is 0 Å². The third-order valence-corrected chi connectivity index (χ3v) is 1.99. The average molecular weight is 170 g/mol. The second kappa shape index (κ2) is 4.31. The summed E-state index contributed by atoms with van der Waals surface area (Å²) in [7, 11) is 0. The summed E-state index contributed by atoms with van der Waals surface area (Å²) in [5.74, 6) is 0.678. The number of rotatable bonds is 3. The van der Waals surface area contributed by atoms with E-state index in [1.165, 1.54) is 11.8 Å². The first kappa shape index (κ1) is 8.49. The predicted octanol–water partition coefficient (Wildman–Crippen LogP) is 0.869. The minimum Gasteiger partial charge on any atom is -0.396 e. The molecule has 1 aromatic heterocycles. The molecule has 0 saturated heterocycles. The molecule has 0 aliphatic heterocycles. The van der Waals surface area contributed by atoms with Crippen LogP contribution in [-0.4, -0.2) is 27.4 Å². The molecular weight excluding hydrogens is 160 g/mol. The van der Waals surface area contributed by atoms with Gasteiger partial charge in [0.2, 0.25) is 0 Å². The standard InChI is InChI=1S/C7H10N2OS/c1-6-4-9-7(5-8-6)11-3-2-10/h4-5,10H,2-3H2,1H3. The van der Waals surface area contributed by atoms with Gasteiger partial charge in [0.25, 0.3) is 0 Å². The first-order valence-electron chi connectivity index (χ1n) is 3.35. The summed E-state index contributed by atoms with van der Waals surface area (Å²) < 4.78 is 0. The molecule has 0 unspecified atom stereocenters. The summed E-state index contributed by atoms with van der Waals surface area (Å²) in [6, 6.07) is 0. The molecule has 0 saturated carbocycles. The highest BCUT2D eigenvalue weighted by atomic mass is 32.2. The van der Waals surface area contributed by atoms with Crippen LogP contribution >= 0.6 is 11.8 Å². The summed E-state index contributed by atoms with van der Waals surface area (Å²) in [6.07, 6.45) is 3.44. The van der Waals surface area contributed by atoms with Crippen molar-refractivity contribution in [2.24, 2.45) is 0 Å². The number of aliphatic hydroxyl groups is 1. The van der Waals surface area contributed by atoms with E-state index in [1.807, 2.05) is 6.92 Å². The Hall–Kier alpha value is -0.610. The Bertz CT molecular complexity index is 212. The number of hydrogen-bond acceptors (Lipinski definition) is 4. The van der Waals surface area contributed by atoms with Crippen LogP contribution in [0.4, 0.5) is 0 Å². The summed E-state index contributed by atoms with van der Waals surface area (Å²) in [4.78, 5) is 8.17. The van der Waals surface area contributed by atoms with E-state index in [1.54, 1.807) is 12.4 Å². The first-order valence-corrected chi connectivity index (χ1v) is 4.34. The molecular formula is C7H10N2OS. The van der Waals surface area contributed by atoms with E-state index in [2.05, 4.69) is 9.97 Å². The van der Waals surface area contributed by atoms with Gasteiger partial charge >= 0.3 is 0 Å². The quantitative estimate of drug-likeness (QED) is 0.684. The monoisotopic (exact) mass is 170 g/mol. The number of aryl methyl sites for hydroxylation is 1. The molecule has 1 rings (SSSR count). The van der Waals surface area contributed by atoms with Gasteiger partial charge in [0.1, 0.15) is 5.03 Å². The number of aliphatic hydroxyl groups excluding tert-OH is 1. The fraction of sp³-hybridized carbons (Fsp3) is 0.429. The number of hydrogen-bond donors (Lipinski definition) is 1. The molecule has 3 nitrogen and oxygen atoms in total. The zero-order chi connectivity index (χ0) is 8.10. The first-order chi connectivity index (χ1) is 5.33. The lowest BCUT2D eigenvalue weighted by Crippen LogP contribution is -1.89. The van der Waals surface area contributed by atoms with Crippen LogP contribution in [0.2, 0.25) is 0 Å². The van der Waals surface area contributed by atoms with E-state index in [-0.39, 0.29) is 6.61 Å². The Morgan fingerprint density at radius 2 is 2.27 bits per heavy atom. The minimum atomic E-state index is 0.181. The zero-order valence-electron chi connectivity index (χ0n) is 6.32. The van der Waals surface area contributed by atoms with Gasteiger partial charge in [-0.1, -0.05) is 0 Å². The fourth-order valence-electron chi connectivity index (χ4n) is 0.605. The van der Waals surface area contributed by atoms with Crippen molar-refractivity contribution in [3.63, 3.8) is 0 Å². The Morgan fingerprint density at radius 3 is 2.82 bits per heavy atom. The van der Waals surface area contributed by atoms with Crippen molar-refractivity contribution in [2.45, 2.75) is 11.9 Å². The van der Waals surface area contributed by atoms with Crippen LogP contribution in [0.5, 0.6) is 0 Å². The van der Waals surface area contributed by atoms with Gasteiger partial charge in [-0.15, -0.1) is 11.8 Å². The van der Waals surface area contributed by atoms with Crippen LogP contribution in [0, 0.1) is 6.92 Å². The third-order valence-electron chi connectivity index (χ3n) is 1.10. The van der Waals surface area contributed by atoms with Crippen molar-refractivity contribution >= 4 is 11.8 Å². The van der Waals surface area contributed by atoms with Crippen molar-refractivity contribution in [2.75, 3.05) is 12.4 Å². The molecule has 0 amide bonds. The van der Waals surface area contributed by atoms with Crippen molar-refractivity contribution < 1.29 is 5.11 Å². The molecule has 0 fully saturated rings. The number of thioether (sulfide) groups is 1. The van der Waals surface area contributed by atoms with E-state index in [4.69, 9.17) is 5.11 Å². The van der Waals surface area contributed by atoms with E-state index in [9.17, 15) is 0 Å². The lowest BCUT2D eigenvalue weighted by molar-refractivity contribution is 0.322. The van der Waals surface area contributed by atoms with Crippen molar-refractivity contribution in [3.8, 4) is 0 Å². The van der Waals surface area contributed by atoms with Gasteiger partial charge in [0.05, 0.1) is 18.5 Å². The van der Waals surface area contributed by atoms with E-state index in [0.717, 1.165) is 10.7 Å². The summed E-state index contributed by atoms with van der Waals surface area (Å²) >= 11 is 1.51. The van der Waals surface area contributed by atoms with Crippen LogP contribution in [0.15, 0.2) is 17.4 Å². The minimum absolute atomic E-state index is 0.181. The predicted molar refractivity (Wildman–Crippen MR) is 44.6 cm³/mol. The fourth-order valence-corrected chi connectivity index (χ4v) is 1.16. The molecule has 0 aliphatic rings. The molecule has 0 aromatic carbocycles. The van der Waals surface area contributed by atoms with Crippen LogP contribution in [0.25, 0.3) is 0 Å². The van der Waals surface area contributed by atoms with Gasteiger partial charge in [-0.25, -0.2) is 4.98 Å². The van der Waals surface area contributed by atoms with Crippen molar-refractivity contribution in [1.82, 2.24) is 9.97 Å². The van der Waals surface area contributed by atoms with Gasteiger partial charge in [0.15, 0.2) is 0 Å². The Kier molecular flexibility index (Phi) is 3.32. The van der Waals surface area contributed by atoms with E-state index in [0.29, 0.717) is 5.75 Å². The van der Waals surface area contributed by atoms with E-state index < -0.39 is 0 Å². The second-order valence-electron chi connectivity index (χ2n) is 2.07. The topological polar surface area (TPSA) is 46.0 Å². The van der Waals surface area contributed by atoms with Gasteiger partial charge in [0, 0.05) is 11.9 Å². The number of nitrogens with zero attached hydrogens (tertiary/aromatic N) is 2. The molecule has 60 valence electrons. The maximum Gasteiger partial charge on any atom is 0.114 e. The van der Waals surface area contributed by atoms with Gasteiger partial charge < -0.3 is 5.11 Å². The molecule has 0 aliphatic carbocycles. The van der Waals surface area contributed by atoms with Crippen LogP contribution < -0.4 is 0 Å². The molecule has 0 bridgehead atoms. The van der Waals surface area contributed by atoms with Gasteiger partial charge in [-0.3, -0.25) is 4.98 Å². The number of aromatic nitrogens is 2. The second-order valence-corrected chi connectivity index (χ2v) is 3.18. The largest absolute Gasteiger partial charge is 0.396 e. The van der Waals surface area contributed by atoms with Crippen molar-refractivity contribution in [3.05, 3.63) is 18.1 Å². The van der Waals surface area contributed by atoms with E-state index >= 15 is 0 Å². The summed E-state index contributed by atoms with van der Waals surface area (Å²) in [6.45, 7) is 2.08. The highest BCUT2D eigenvalue weighted by Gasteiger charge is 1.93. The zero-order valence-corrected chi connectivity index (χ0v) is 7.14. The maximum atomic E-state index is 8.51. The summed E-state index contributed by atoms with van der Waals surface area (Å²) in [5, 5.41) is 9.38. The lowest BCUT2D eigenvalue weighted by Gasteiger charge is -1.96. The maximum absolute atomic E-state index is 8.51. The molecule has 0 spiro atoms. The smallest absolute Gasteiger partial charge is 0.114 e. The molecule has 1 N–H and O–H groups in total. The molecule has 1 aromatic rings. The van der Waals surface area contributed by atoms with Gasteiger partial charge in [-0.05, 0) is 6.92 Å². The van der Waals surface area contributed by atoms with Crippen molar-refractivity contribution in [1.29, 1.82) is 0 Å². The SMILES string of the molecule is Cc1cnc(SCCO)cn1. The third kappa shape index (κ3) is 2.86. The highest BCUT2D eigenvalue weighted by molar-refractivity contribution is 7.99. The molecule has 11 heavy (non-hydrogen) atoms. The molecule has 1 heterocycles. The Labute approximate surface area is 69.9 Å². The van der Waals surface area contributed by atoms with Crippen LogP contribution in [0.3, 0.4) is 0 Å². The van der Waals surface area contributed by atoms with Gasteiger partial charge in [-0.2, -0.15) is 0 Å². The summed E-state index contributed by atoms with van der Waals surface area (Å²) in [5.41, 5.74) is 0.915. The Morgan fingerprint density at radius 1 is 1.45 bits per heavy atom. The molecule has 0 radical (unpaired) electrons. The highest BCUT2D eigenvalue weighted by Crippen LogP contribution is 2.11. The lowest BCUT2D eigenvalue weighted by atomic mass is 10.5. The van der Waals surface area contributed by atoms with Crippen LogP contribution in [0.1, 0.15) is 5.69 Å². The average Bonchev–Trinajstić information content (AvgIpc) is 2.04. The molecule has 4 heteroatoms.